The van der Waals surface area contributed by atoms with E-state index in [2.05, 4.69) is 10.6 Å². The Morgan fingerprint density at radius 2 is 1.59 bits per heavy atom. The molecular weight excluding hydrogens is 364 g/mol. The molecule has 0 aromatic heterocycles. The summed E-state index contributed by atoms with van der Waals surface area (Å²) in [6, 6.07) is 23.4. The Morgan fingerprint density at radius 3 is 2.31 bits per heavy atom. The van der Waals surface area contributed by atoms with E-state index in [4.69, 9.17) is 0 Å². The molecule has 0 aliphatic carbocycles. The number of hydrogen-bond donors (Lipinski definition) is 2. The SMILES string of the molecule is O=C1Nc2ccc(C(=O)NCc3ccccc3)cc2C(=O)/C1=C/c1ccccc1. The highest BCUT2D eigenvalue weighted by molar-refractivity contribution is 6.36. The van der Waals surface area contributed by atoms with E-state index in [-0.39, 0.29) is 11.5 Å². The van der Waals surface area contributed by atoms with E-state index >= 15 is 0 Å². The minimum Gasteiger partial charge on any atom is -0.348 e. The highest BCUT2D eigenvalue weighted by Gasteiger charge is 2.29. The lowest BCUT2D eigenvalue weighted by Gasteiger charge is -2.19. The summed E-state index contributed by atoms with van der Waals surface area (Å²) in [6.07, 6.45) is 1.56. The van der Waals surface area contributed by atoms with E-state index in [0.717, 1.165) is 11.1 Å². The molecule has 142 valence electrons. The van der Waals surface area contributed by atoms with E-state index < -0.39 is 11.7 Å². The maximum atomic E-state index is 12.9. The molecule has 2 amide bonds. The van der Waals surface area contributed by atoms with Crippen LogP contribution >= 0.6 is 0 Å². The van der Waals surface area contributed by atoms with Crippen molar-refractivity contribution < 1.29 is 14.4 Å². The van der Waals surface area contributed by atoms with Crippen LogP contribution in [-0.2, 0) is 11.3 Å². The Labute approximate surface area is 168 Å². The summed E-state index contributed by atoms with van der Waals surface area (Å²) in [5, 5.41) is 5.57. The standard InChI is InChI=1S/C24H18N2O3/c27-22-19-14-18(23(28)25-15-17-9-5-2-6-10-17)11-12-21(19)26-24(29)20(22)13-16-7-3-1-4-8-16/h1-14H,15H2,(H,25,28)(H,26,29)/b20-13-. The first-order valence-electron chi connectivity index (χ1n) is 9.21. The number of carbonyl (C=O) groups is 3. The molecule has 0 unspecified atom stereocenters. The van der Waals surface area contributed by atoms with Crippen LogP contribution in [0.25, 0.3) is 6.08 Å². The van der Waals surface area contributed by atoms with Crippen molar-refractivity contribution in [2.75, 3.05) is 5.32 Å². The van der Waals surface area contributed by atoms with Gasteiger partial charge in [-0.3, -0.25) is 14.4 Å². The number of nitrogens with one attached hydrogen (secondary N) is 2. The second kappa shape index (κ2) is 7.94. The average Bonchev–Trinajstić information content (AvgIpc) is 2.76. The van der Waals surface area contributed by atoms with Gasteiger partial charge in [-0.25, -0.2) is 0 Å². The second-order valence-electron chi connectivity index (χ2n) is 6.68. The number of rotatable bonds is 4. The normalized spacial score (nSPS) is 14.3. The fraction of sp³-hybridized carbons (Fsp3) is 0.0417. The molecule has 2 N–H and O–H groups in total. The third kappa shape index (κ3) is 3.99. The van der Waals surface area contributed by atoms with Crippen LogP contribution in [0.15, 0.2) is 84.4 Å². The van der Waals surface area contributed by atoms with E-state index in [1.807, 2.05) is 60.7 Å². The molecule has 5 nitrogen and oxygen atoms in total. The topological polar surface area (TPSA) is 75.3 Å². The van der Waals surface area contributed by atoms with Crippen molar-refractivity contribution in [1.29, 1.82) is 0 Å². The van der Waals surface area contributed by atoms with Gasteiger partial charge >= 0.3 is 0 Å². The highest BCUT2D eigenvalue weighted by atomic mass is 16.2. The minimum absolute atomic E-state index is 0.0468. The Morgan fingerprint density at radius 1 is 0.897 bits per heavy atom. The van der Waals surface area contributed by atoms with Crippen LogP contribution in [0.4, 0.5) is 5.69 Å². The molecule has 1 aliphatic rings. The van der Waals surface area contributed by atoms with Gasteiger partial charge in [0.05, 0.1) is 11.3 Å². The van der Waals surface area contributed by atoms with Gasteiger partial charge in [0.15, 0.2) is 0 Å². The van der Waals surface area contributed by atoms with Crippen LogP contribution in [0, 0.1) is 0 Å². The summed E-state index contributed by atoms with van der Waals surface area (Å²) in [6.45, 7) is 0.389. The summed E-state index contributed by atoms with van der Waals surface area (Å²) in [5.74, 6) is -1.13. The first kappa shape index (κ1) is 18.4. The molecule has 3 aromatic rings. The van der Waals surface area contributed by atoms with Gasteiger partial charge in [-0.1, -0.05) is 60.7 Å². The molecule has 0 atom stereocenters. The van der Waals surface area contributed by atoms with E-state index in [1.54, 1.807) is 18.2 Å². The second-order valence-corrected chi connectivity index (χ2v) is 6.68. The lowest BCUT2D eigenvalue weighted by atomic mass is 9.93. The lowest BCUT2D eigenvalue weighted by molar-refractivity contribution is -0.112. The molecule has 4 rings (SSSR count). The molecule has 5 heteroatoms. The van der Waals surface area contributed by atoms with Gasteiger partial charge < -0.3 is 10.6 Å². The van der Waals surface area contributed by atoms with E-state index in [0.29, 0.717) is 23.4 Å². The number of benzene rings is 3. The predicted molar refractivity (Wildman–Crippen MR) is 111 cm³/mol. The van der Waals surface area contributed by atoms with Crippen molar-refractivity contribution in [3.05, 3.63) is 107 Å². The number of hydrogen-bond acceptors (Lipinski definition) is 3. The largest absolute Gasteiger partial charge is 0.348 e. The smallest absolute Gasteiger partial charge is 0.259 e. The van der Waals surface area contributed by atoms with Crippen molar-refractivity contribution in [3.8, 4) is 0 Å². The Kier molecular flexibility index (Phi) is 5.03. The maximum Gasteiger partial charge on any atom is 0.259 e. The maximum absolute atomic E-state index is 12.9. The number of amides is 2. The first-order valence-corrected chi connectivity index (χ1v) is 9.21. The van der Waals surface area contributed by atoms with Crippen molar-refractivity contribution in [2.45, 2.75) is 6.54 Å². The van der Waals surface area contributed by atoms with Gasteiger partial charge in [-0.15, -0.1) is 0 Å². The summed E-state index contributed by atoms with van der Waals surface area (Å²) in [7, 11) is 0. The predicted octanol–water partition coefficient (Wildman–Crippen LogP) is 3.84. The molecule has 0 radical (unpaired) electrons. The molecule has 0 saturated carbocycles. The van der Waals surface area contributed by atoms with Gasteiger partial charge in [0, 0.05) is 17.7 Å². The third-order valence-electron chi connectivity index (χ3n) is 4.67. The van der Waals surface area contributed by atoms with Gasteiger partial charge in [0.2, 0.25) is 5.78 Å². The minimum atomic E-state index is -0.451. The van der Waals surface area contributed by atoms with E-state index in [1.165, 1.54) is 6.07 Å². The fourth-order valence-electron chi connectivity index (χ4n) is 3.15. The van der Waals surface area contributed by atoms with Crippen molar-refractivity contribution >= 4 is 29.4 Å². The molecule has 1 aliphatic heterocycles. The molecule has 0 bridgehead atoms. The van der Waals surface area contributed by atoms with Gasteiger partial charge in [0.25, 0.3) is 11.8 Å². The monoisotopic (exact) mass is 382 g/mol. The van der Waals surface area contributed by atoms with Crippen molar-refractivity contribution in [1.82, 2.24) is 5.32 Å². The zero-order chi connectivity index (χ0) is 20.2. The summed E-state index contributed by atoms with van der Waals surface area (Å²) < 4.78 is 0. The molecule has 29 heavy (non-hydrogen) atoms. The third-order valence-corrected chi connectivity index (χ3v) is 4.67. The van der Waals surface area contributed by atoms with Crippen LogP contribution in [-0.4, -0.2) is 17.6 Å². The summed E-state index contributed by atoms with van der Waals surface area (Å²) >= 11 is 0. The highest BCUT2D eigenvalue weighted by Crippen LogP contribution is 2.27. The number of carbonyl (C=O) groups excluding carboxylic acids is 3. The molecule has 0 saturated heterocycles. The van der Waals surface area contributed by atoms with Crippen LogP contribution in [0.5, 0.6) is 0 Å². The molecular formula is C24H18N2O3. The zero-order valence-corrected chi connectivity index (χ0v) is 15.5. The average molecular weight is 382 g/mol. The number of fused-ring (bicyclic) bond motifs is 1. The first-order chi connectivity index (χ1) is 14.1. The van der Waals surface area contributed by atoms with Crippen LogP contribution in [0.3, 0.4) is 0 Å². The zero-order valence-electron chi connectivity index (χ0n) is 15.5. The van der Waals surface area contributed by atoms with Gasteiger partial charge in [0.1, 0.15) is 0 Å². The van der Waals surface area contributed by atoms with Crippen LogP contribution in [0.1, 0.15) is 31.8 Å². The Bertz CT molecular complexity index is 1120. The van der Waals surface area contributed by atoms with Gasteiger partial charge in [-0.2, -0.15) is 0 Å². The molecule has 3 aromatic carbocycles. The van der Waals surface area contributed by atoms with Crippen molar-refractivity contribution in [2.24, 2.45) is 0 Å². The number of ketones is 1. The number of Topliss-reactive ketones (excluding diaryl/α,β-unsaturated/α-hetero) is 1. The summed E-state index contributed by atoms with van der Waals surface area (Å²) in [5.41, 5.74) is 2.86. The van der Waals surface area contributed by atoms with Crippen LogP contribution < -0.4 is 10.6 Å². The summed E-state index contributed by atoms with van der Waals surface area (Å²) in [4.78, 5) is 37.8. The number of anilines is 1. The van der Waals surface area contributed by atoms with Gasteiger partial charge in [-0.05, 0) is 35.4 Å². The van der Waals surface area contributed by atoms with E-state index in [9.17, 15) is 14.4 Å². The Balaban J connectivity index is 1.58. The lowest BCUT2D eigenvalue weighted by Crippen LogP contribution is -2.28. The van der Waals surface area contributed by atoms with Crippen LogP contribution in [0.2, 0.25) is 0 Å². The fourth-order valence-corrected chi connectivity index (χ4v) is 3.15. The molecule has 1 heterocycles. The molecule has 0 fully saturated rings. The molecule has 0 spiro atoms. The van der Waals surface area contributed by atoms with Crippen molar-refractivity contribution in [3.63, 3.8) is 0 Å². The quantitative estimate of drug-likeness (QED) is 0.532. The Hall–Kier alpha value is -3.99.